The summed E-state index contributed by atoms with van der Waals surface area (Å²) in [6.07, 6.45) is 0.473. The zero-order valence-electron chi connectivity index (χ0n) is 6.68. The van der Waals surface area contributed by atoms with Crippen molar-refractivity contribution < 1.29 is 9.63 Å². The van der Waals surface area contributed by atoms with Gasteiger partial charge in [0, 0.05) is 20.0 Å². The van der Waals surface area contributed by atoms with Crippen LogP contribution in [0.4, 0.5) is 0 Å². The average Bonchev–Trinajstić information content (AvgIpc) is 1.98. The average molecular weight is 146 g/mol. The van der Waals surface area contributed by atoms with E-state index in [1.165, 1.54) is 12.2 Å². The van der Waals surface area contributed by atoms with E-state index in [1.54, 1.807) is 14.1 Å². The van der Waals surface area contributed by atoms with Gasteiger partial charge in [-0.05, 0) is 7.05 Å². The standard InChI is InChI=1S/C6H14N2O2/c1-7-5-4-6(9)8(2)10-3/h7H,4-5H2,1-3H3. The number of carbonyl (C=O) groups is 1. The second-order valence-electron chi connectivity index (χ2n) is 1.93. The molecule has 1 amide bonds. The van der Waals surface area contributed by atoms with Gasteiger partial charge >= 0.3 is 0 Å². The van der Waals surface area contributed by atoms with Crippen LogP contribution in [0.25, 0.3) is 0 Å². The van der Waals surface area contributed by atoms with Crippen LogP contribution in [0.15, 0.2) is 0 Å². The summed E-state index contributed by atoms with van der Waals surface area (Å²) < 4.78 is 0. The van der Waals surface area contributed by atoms with Crippen molar-refractivity contribution >= 4 is 5.91 Å². The molecular formula is C6H14N2O2. The van der Waals surface area contributed by atoms with Gasteiger partial charge in [0.1, 0.15) is 0 Å². The molecule has 0 aliphatic heterocycles. The molecule has 10 heavy (non-hydrogen) atoms. The zero-order chi connectivity index (χ0) is 7.98. The van der Waals surface area contributed by atoms with E-state index in [0.29, 0.717) is 13.0 Å². The van der Waals surface area contributed by atoms with E-state index in [2.05, 4.69) is 10.2 Å². The lowest BCUT2D eigenvalue weighted by molar-refractivity contribution is -0.168. The van der Waals surface area contributed by atoms with Crippen LogP contribution in [0.3, 0.4) is 0 Å². The van der Waals surface area contributed by atoms with Crippen LogP contribution in [-0.4, -0.2) is 38.7 Å². The Morgan fingerprint density at radius 3 is 2.70 bits per heavy atom. The molecule has 0 aromatic rings. The Balaban J connectivity index is 3.42. The van der Waals surface area contributed by atoms with Crippen molar-refractivity contribution in [3.8, 4) is 0 Å². The maximum Gasteiger partial charge on any atom is 0.247 e. The molecule has 0 unspecified atom stereocenters. The van der Waals surface area contributed by atoms with Crippen molar-refractivity contribution in [2.24, 2.45) is 0 Å². The number of hydrogen-bond donors (Lipinski definition) is 1. The largest absolute Gasteiger partial charge is 0.319 e. The summed E-state index contributed by atoms with van der Waals surface area (Å²) in [6.45, 7) is 0.687. The van der Waals surface area contributed by atoms with Crippen molar-refractivity contribution in [3.63, 3.8) is 0 Å². The number of hydroxylamine groups is 2. The van der Waals surface area contributed by atoms with E-state index in [9.17, 15) is 4.79 Å². The third kappa shape index (κ3) is 3.42. The third-order valence-electron chi connectivity index (χ3n) is 1.21. The topological polar surface area (TPSA) is 41.6 Å². The molecule has 4 nitrogen and oxygen atoms in total. The maximum atomic E-state index is 10.9. The van der Waals surface area contributed by atoms with Crippen LogP contribution < -0.4 is 5.32 Å². The summed E-state index contributed by atoms with van der Waals surface area (Å²) in [5, 5.41) is 4.09. The summed E-state index contributed by atoms with van der Waals surface area (Å²) in [7, 11) is 4.87. The fourth-order valence-corrected chi connectivity index (χ4v) is 0.491. The van der Waals surface area contributed by atoms with Gasteiger partial charge in [-0.25, -0.2) is 5.06 Å². The zero-order valence-corrected chi connectivity index (χ0v) is 6.68. The number of nitrogens with zero attached hydrogens (tertiary/aromatic N) is 1. The van der Waals surface area contributed by atoms with Crippen LogP contribution in [0.5, 0.6) is 0 Å². The summed E-state index contributed by atoms with van der Waals surface area (Å²) in [5.74, 6) is -0.0168. The Morgan fingerprint density at radius 2 is 2.30 bits per heavy atom. The lowest BCUT2D eigenvalue weighted by atomic mass is 10.4. The van der Waals surface area contributed by atoms with Crippen LogP contribution >= 0.6 is 0 Å². The molecule has 0 rings (SSSR count). The van der Waals surface area contributed by atoms with Gasteiger partial charge in [0.15, 0.2) is 0 Å². The van der Waals surface area contributed by atoms with Gasteiger partial charge in [-0.2, -0.15) is 0 Å². The van der Waals surface area contributed by atoms with Crippen LogP contribution in [0, 0.1) is 0 Å². The van der Waals surface area contributed by atoms with Gasteiger partial charge in [0.05, 0.1) is 7.11 Å². The molecule has 0 radical (unpaired) electrons. The first-order valence-corrected chi connectivity index (χ1v) is 3.17. The Kier molecular flexibility index (Phi) is 4.88. The molecule has 0 saturated heterocycles. The highest BCUT2D eigenvalue weighted by atomic mass is 16.7. The van der Waals surface area contributed by atoms with E-state index in [1.807, 2.05) is 0 Å². The molecule has 0 aliphatic carbocycles. The van der Waals surface area contributed by atoms with E-state index < -0.39 is 0 Å². The van der Waals surface area contributed by atoms with Crippen molar-refractivity contribution in [2.75, 3.05) is 27.7 Å². The highest BCUT2D eigenvalue weighted by Gasteiger charge is 2.04. The monoisotopic (exact) mass is 146 g/mol. The minimum atomic E-state index is -0.0168. The van der Waals surface area contributed by atoms with Gasteiger partial charge in [0.25, 0.3) is 0 Å². The van der Waals surface area contributed by atoms with E-state index >= 15 is 0 Å². The predicted molar refractivity (Wildman–Crippen MR) is 38.3 cm³/mol. The fourth-order valence-electron chi connectivity index (χ4n) is 0.491. The molecule has 0 heterocycles. The molecule has 0 fully saturated rings. The second kappa shape index (κ2) is 5.20. The molecular weight excluding hydrogens is 132 g/mol. The van der Waals surface area contributed by atoms with E-state index in [0.717, 1.165) is 0 Å². The molecule has 0 bridgehead atoms. The van der Waals surface area contributed by atoms with E-state index in [-0.39, 0.29) is 5.91 Å². The van der Waals surface area contributed by atoms with Crippen molar-refractivity contribution in [2.45, 2.75) is 6.42 Å². The lowest BCUT2D eigenvalue weighted by Crippen LogP contribution is -2.27. The smallest absolute Gasteiger partial charge is 0.247 e. The van der Waals surface area contributed by atoms with Crippen LogP contribution in [0.2, 0.25) is 0 Å². The maximum absolute atomic E-state index is 10.9. The first kappa shape index (κ1) is 9.39. The molecule has 0 aromatic heterocycles. The van der Waals surface area contributed by atoms with Gasteiger partial charge < -0.3 is 5.32 Å². The minimum absolute atomic E-state index is 0.0168. The molecule has 0 saturated carbocycles. The molecule has 4 heteroatoms. The predicted octanol–water partition coefficient (Wildman–Crippen LogP) is -0.384. The van der Waals surface area contributed by atoms with Crippen molar-refractivity contribution in [1.82, 2.24) is 10.4 Å². The second-order valence-corrected chi connectivity index (χ2v) is 1.93. The lowest BCUT2D eigenvalue weighted by Gasteiger charge is -2.12. The molecule has 1 N–H and O–H groups in total. The molecule has 0 aliphatic rings. The number of hydrogen-bond acceptors (Lipinski definition) is 3. The molecule has 0 aromatic carbocycles. The summed E-state index contributed by atoms with van der Waals surface area (Å²) in [4.78, 5) is 15.6. The highest BCUT2D eigenvalue weighted by Crippen LogP contribution is 1.87. The summed E-state index contributed by atoms with van der Waals surface area (Å²) >= 11 is 0. The van der Waals surface area contributed by atoms with Crippen LogP contribution in [-0.2, 0) is 9.63 Å². The van der Waals surface area contributed by atoms with Gasteiger partial charge in [0.2, 0.25) is 5.91 Å². The van der Waals surface area contributed by atoms with Crippen molar-refractivity contribution in [1.29, 1.82) is 0 Å². The molecule has 0 atom stereocenters. The Morgan fingerprint density at radius 1 is 1.70 bits per heavy atom. The van der Waals surface area contributed by atoms with Crippen LogP contribution in [0.1, 0.15) is 6.42 Å². The normalized spacial score (nSPS) is 9.50. The highest BCUT2D eigenvalue weighted by molar-refractivity contribution is 5.74. The first-order chi connectivity index (χ1) is 4.72. The summed E-state index contributed by atoms with van der Waals surface area (Å²) in [5.41, 5.74) is 0. The quantitative estimate of drug-likeness (QED) is 0.549. The Bertz CT molecular complexity index is 106. The van der Waals surface area contributed by atoms with E-state index in [4.69, 9.17) is 0 Å². The van der Waals surface area contributed by atoms with Crippen molar-refractivity contribution in [3.05, 3.63) is 0 Å². The first-order valence-electron chi connectivity index (χ1n) is 3.17. The number of amides is 1. The SMILES string of the molecule is CNCCC(=O)N(C)OC. The molecule has 60 valence electrons. The number of nitrogens with one attached hydrogen (secondary N) is 1. The third-order valence-corrected chi connectivity index (χ3v) is 1.21. The number of rotatable bonds is 4. The Hall–Kier alpha value is -0.610. The Labute approximate surface area is 61.1 Å². The summed E-state index contributed by atoms with van der Waals surface area (Å²) in [6, 6.07) is 0. The minimum Gasteiger partial charge on any atom is -0.319 e. The van der Waals surface area contributed by atoms with Gasteiger partial charge in [-0.3, -0.25) is 9.63 Å². The fraction of sp³-hybridized carbons (Fsp3) is 0.833. The number of carbonyl (C=O) groups excluding carboxylic acids is 1. The van der Waals surface area contributed by atoms with Gasteiger partial charge in [-0.1, -0.05) is 0 Å². The molecule has 0 spiro atoms. The van der Waals surface area contributed by atoms with Gasteiger partial charge in [-0.15, -0.1) is 0 Å².